The first-order valence-corrected chi connectivity index (χ1v) is 11.5. The van der Waals surface area contributed by atoms with Gasteiger partial charge >= 0.3 is 0 Å². The summed E-state index contributed by atoms with van der Waals surface area (Å²) in [6.45, 7) is 0.445. The number of benzene rings is 3. The van der Waals surface area contributed by atoms with Crippen LogP contribution in [0.5, 0.6) is 5.75 Å². The molecule has 9 heteroatoms. The molecule has 0 radical (unpaired) electrons. The first-order valence-electron chi connectivity index (χ1n) is 11.1. The average molecular weight is 487 g/mol. The molecule has 0 saturated carbocycles. The fraction of sp³-hybridized carbons (Fsp3) is 0.154. The molecule has 1 aromatic heterocycles. The van der Waals surface area contributed by atoms with E-state index < -0.39 is 0 Å². The highest BCUT2D eigenvalue weighted by atomic mass is 35.5. The van der Waals surface area contributed by atoms with Crippen LogP contribution in [0.4, 0.5) is 5.95 Å². The Morgan fingerprint density at radius 2 is 1.77 bits per heavy atom. The number of hydrogen-bond donors (Lipinski definition) is 1. The molecule has 8 nitrogen and oxygen atoms in total. The van der Waals surface area contributed by atoms with Crippen LogP contribution < -0.4 is 15.0 Å². The zero-order chi connectivity index (χ0) is 24.2. The van der Waals surface area contributed by atoms with Gasteiger partial charge in [0.15, 0.2) is 0 Å². The number of fused-ring (bicyclic) bond motifs is 1. The van der Waals surface area contributed by atoms with Crippen molar-refractivity contribution in [3.05, 3.63) is 107 Å². The fourth-order valence-electron chi connectivity index (χ4n) is 4.02. The monoisotopic (exact) mass is 486 g/mol. The molecule has 5 rings (SSSR count). The number of amides is 1. The lowest BCUT2D eigenvalue weighted by atomic mass is 10.0. The van der Waals surface area contributed by atoms with E-state index in [1.54, 1.807) is 11.8 Å². The molecule has 176 valence electrons. The highest BCUT2D eigenvalue weighted by Crippen LogP contribution is 2.36. The summed E-state index contributed by atoms with van der Waals surface area (Å²) in [5.41, 5.74) is 3.75. The third kappa shape index (κ3) is 4.88. The number of carbonyl (C=O) groups excluding carboxylic acids is 1. The van der Waals surface area contributed by atoms with E-state index in [1.165, 1.54) is 0 Å². The molecule has 0 fully saturated rings. The number of methoxy groups -OCH3 is 1. The van der Waals surface area contributed by atoms with Crippen LogP contribution in [0, 0.1) is 0 Å². The Morgan fingerprint density at radius 1 is 1.03 bits per heavy atom. The van der Waals surface area contributed by atoms with Crippen molar-refractivity contribution in [2.45, 2.75) is 12.6 Å². The summed E-state index contributed by atoms with van der Waals surface area (Å²) < 4.78 is 6.92. The second-order valence-electron chi connectivity index (χ2n) is 8.05. The van der Waals surface area contributed by atoms with Gasteiger partial charge in [-0.1, -0.05) is 71.3 Å². The van der Waals surface area contributed by atoms with E-state index in [0.29, 0.717) is 17.5 Å². The summed E-state index contributed by atoms with van der Waals surface area (Å²) in [5.74, 6) is 1.10. The summed E-state index contributed by atoms with van der Waals surface area (Å²) in [7, 11) is 1.62. The SMILES string of the molecule is COc1ccc(CNC(=O)CN2C(c3ccc(Cl)cc3)=C[C@H](c3ccccc3)n3nnnc32)cc1. The van der Waals surface area contributed by atoms with E-state index in [1.807, 2.05) is 83.8 Å². The Labute approximate surface area is 207 Å². The van der Waals surface area contributed by atoms with Crippen LogP contribution in [0.2, 0.25) is 5.02 Å². The summed E-state index contributed by atoms with van der Waals surface area (Å²) in [4.78, 5) is 14.8. The van der Waals surface area contributed by atoms with Gasteiger partial charge in [-0.2, -0.15) is 4.68 Å². The maximum atomic E-state index is 13.0. The molecule has 4 aromatic rings. The molecule has 0 bridgehead atoms. The number of anilines is 1. The van der Waals surface area contributed by atoms with Crippen molar-refractivity contribution >= 4 is 29.2 Å². The van der Waals surface area contributed by atoms with E-state index >= 15 is 0 Å². The van der Waals surface area contributed by atoms with Crippen LogP contribution in [0.15, 0.2) is 84.9 Å². The van der Waals surface area contributed by atoms with E-state index in [4.69, 9.17) is 16.3 Å². The van der Waals surface area contributed by atoms with Gasteiger partial charge in [0.25, 0.3) is 5.95 Å². The minimum Gasteiger partial charge on any atom is -0.497 e. The molecule has 0 saturated heterocycles. The summed E-state index contributed by atoms with van der Waals surface area (Å²) in [5, 5.41) is 16.0. The normalized spacial score (nSPS) is 14.7. The number of ether oxygens (including phenoxy) is 1. The topological polar surface area (TPSA) is 85.2 Å². The van der Waals surface area contributed by atoms with E-state index in [0.717, 1.165) is 28.1 Å². The Balaban J connectivity index is 1.43. The summed E-state index contributed by atoms with van der Waals surface area (Å²) in [6.07, 6.45) is 2.07. The molecule has 1 N–H and O–H groups in total. The van der Waals surface area contributed by atoms with Gasteiger partial charge in [0, 0.05) is 11.6 Å². The van der Waals surface area contributed by atoms with Gasteiger partial charge in [-0.25, -0.2) is 0 Å². The predicted molar refractivity (Wildman–Crippen MR) is 134 cm³/mol. The van der Waals surface area contributed by atoms with Crippen LogP contribution in [0.1, 0.15) is 22.7 Å². The van der Waals surface area contributed by atoms with Gasteiger partial charge < -0.3 is 10.1 Å². The molecule has 0 spiro atoms. The fourth-order valence-corrected chi connectivity index (χ4v) is 4.15. The van der Waals surface area contributed by atoms with Crippen LogP contribution in [-0.4, -0.2) is 39.8 Å². The van der Waals surface area contributed by atoms with Crippen molar-refractivity contribution < 1.29 is 9.53 Å². The molecule has 35 heavy (non-hydrogen) atoms. The quantitative estimate of drug-likeness (QED) is 0.423. The summed E-state index contributed by atoms with van der Waals surface area (Å²) in [6, 6.07) is 24.9. The lowest BCUT2D eigenvalue weighted by molar-refractivity contribution is -0.119. The summed E-state index contributed by atoms with van der Waals surface area (Å²) >= 11 is 6.14. The smallest absolute Gasteiger partial charge is 0.251 e. The highest BCUT2D eigenvalue weighted by molar-refractivity contribution is 6.30. The van der Waals surface area contributed by atoms with Crippen molar-refractivity contribution in [3.63, 3.8) is 0 Å². The molecule has 1 atom stereocenters. The Morgan fingerprint density at radius 3 is 2.49 bits per heavy atom. The second-order valence-corrected chi connectivity index (χ2v) is 8.49. The van der Waals surface area contributed by atoms with Gasteiger partial charge in [-0.3, -0.25) is 9.69 Å². The van der Waals surface area contributed by atoms with Crippen molar-refractivity contribution in [2.75, 3.05) is 18.6 Å². The Kier molecular flexibility index (Phi) is 6.45. The molecule has 1 amide bonds. The minimum absolute atomic E-state index is 0.0481. The van der Waals surface area contributed by atoms with E-state index in [9.17, 15) is 4.79 Å². The van der Waals surface area contributed by atoms with Crippen molar-refractivity contribution in [1.82, 2.24) is 25.5 Å². The van der Waals surface area contributed by atoms with Crippen molar-refractivity contribution in [3.8, 4) is 5.75 Å². The maximum Gasteiger partial charge on any atom is 0.251 e. The third-order valence-corrected chi connectivity index (χ3v) is 6.07. The molecule has 1 aliphatic rings. The third-order valence-electron chi connectivity index (χ3n) is 5.82. The standard InChI is InChI=1S/C26H23ClN6O2/c1-35-22-13-7-18(8-14-22)16-28-25(34)17-32-23(20-9-11-21(27)12-10-20)15-24(19-5-3-2-4-6-19)33-26(32)29-30-31-33/h2-15,24H,16-17H2,1H3,(H,28,34)/t24-/m1/s1. The first-order chi connectivity index (χ1) is 17.1. The maximum absolute atomic E-state index is 13.0. The zero-order valence-corrected chi connectivity index (χ0v) is 19.8. The average Bonchev–Trinajstić information content (AvgIpc) is 3.39. The largest absolute Gasteiger partial charge is 0.497 e. The number of nitrogens with one attached hydrogen (secondary N) is 1. The van der Waals surface area contributed by atoms with E-state index in [2.05, 4.69) is 26.9 Å². The predicted octanol–water partition coefficient (Wildman–Crippen LogP) is 4.10. The highest BCUT2D eigenvalue weighted by Gasteiger charge is 2.31. The second kappa shape index (κ2) is 9.99. The number of aromatic nitrogens is 4. The Hall–Kier alpha value is -4.17. The molecular weight excluding hydrogens is 464 g/mol. The van der Waals surface area contributed by atoms with Crippen LogP contribution in [0.3, 0.4) is 0 Å². The molecular formula is C26H23ClN6O2. The Bertz CT molecular complexity index is 1340. The van der Waals surface area contributed by atoms with Gasteiger partial charge in [0.05, 0.1) is 12.8 Å². The van der Waals surface area contributed by atoms with Crippen LogP contribution >= 0.6 is 11.6 Å². The first kappa shape index (κ1) is 22.6. The number of hydrogen-bond acceptors (Lipinski definition) is 6. The van der Waals surface area contributed by atoms with Gasteiger partial charge in [-0.05, 0) is 57.5 Å². The molecule has 1 aliphatic heterocycles. The molecule has 0 aliphatic carbocycles. The number of nitrogens with zero attached hydrogens (tertiary/aromatic N) is 5. The van der Waals surface area contributed by atoms with Gasteiger partial charge in [0.2, 0.25) is 5.91 Å². The van der Waals surface area contributed by atoms with Crippen LogP contribution in [0.25, 0.3) is 5.70 Å². The van der Waals surface area contributed by atoms with Gasteiger partial charge in [0.1, 0.15) is 18.3 Å². The zero-order valence-electron chi connectivity index (χ0n) is 19.0. The lowest BCUT2D eigenvalue weighted by Gasteiger charge is -2.32. The van der Waals surface area contributed by atoms with Crippen molar-refractivity contribution in [2.24, 2.45) is 0 Å². The number of rotatable bonds is 7. The van der Waals surface area contributed by atoms with Gasteiger partial charge in [-0.15, -0.1) is 0 Å². The van der Waals surface area contributed by atoms with Crippen molar-refractivity contribution in [1.29, 1.82) is 0 Å². The lowest BCUT2D eigenvalue weighted by Crippen LogP contribution is -2.39. The molecule has 0 unspecified atom stereocenters. The van der Waals surface area contributed by atoms with Crippen LogP contribution in [-0.2, 0) is 11.3 Å². The molecule has 3 aromatic carbocycles. The minimum atomic E-state index is -0.217. The number of halogens is 1. The van der Waals surface area contributed by atoms with E-state index in [-0.39, 0.29) is 18.5 Å². The number of tetrazole rings is 1. The number of allylic oxidation sites excluding steroid dienone is 1. The molecule has 2 heterocycles. The number of carbonyl (C=O) groups is 1.